The maximum absolute atomic E-state index is 11.1. The summed E-state index contributed by atoms with van der Waals surface area (Å²) in [5.41, 5.74) is 0.548. The van der Waals surface area contributed by atoms with Crippen LogP contribution in [0.5, 0.6) is 11.5 Å². The second kappa shape index (κ2) is 7.05. The lowest BCUT2D eigenvalue weighted by atomic mass is 10.1. The van der Waals surface area contributed by atoms with Gasteiger partial charge in [-0.3, -0.25) is 4.79 Å². The van der Waals surface area contributed by atoms with Crippen LogP contribution >= 0.6 is 0 Å². The van der Waals surface area contributed by atoms with Gasteiger partial charge in [0.15, 0.2) is 6.61 Å². The molecule has 0 saturated carbocycles. The molecular formula is C13H15NO5. The predicted octanol–water partition coefficient (Wildman–Crippen LogP) is 0.918. The van der Waals surface area contributed by atoms with Crippen LogP contribution in [-0.2, 0) is 9.59 Å². The Labute approximate surface area is 110 Å². The van der Waals surface area contributed by atoms with Gasteiger partial charge < -0.3 is 19.9 Å². The molecule has 0 aromatic heterocycles. The van der Waals surface area contributed by atoms with E-state index in [2.05, 4.69) is 5.32 Å². The van der Waals surface area contributed by atoms with Crippen LogP contribution in [-0.4, -0.2) is 37.7 Å². The zero-order chi connectivity index (χ0) is 14.3. The predicted molar refractivity (Wildman–Crippen MR) is 69.2 cm³/mol. The number of ether oxygens (including phenoxy) is 2. The Kier molecular flexibility index (Phi) is 5.40. The highest BCUT2D eigenvalue weighted by Gasteiger charge is 2.06. The van der Waals surface area contributed by atoms with Crippen molar-refractivity contribution >= 4 is 18.0 Å². The largest absolute Gasteiger partial charge is 0.497 e. The van der Waals surface area contributed by atoms with Crippen molar-refractivity contribution < 1.29 is 24.2 Å². The fourth-order valence-corrected chi connectivity index (χ4v) is 1.28. The molecule has 0 unspecified atom stereocenters. The Bertz CT molecular complexity index is 496. The van der Waals surface area contributed by atoms with Crippen molar-refractivity contribution in [2.45, 2.75) is 0 Å². The first kappa shape index (κ1) is 14.6. The summed E-state index contributed by atoms with van der Waals surface area (Å²) in [5.74, 6) is -0.413. The Balaban J connectivity index is 2.95. The molecule has 0 fully saturated rings. The summed E-state index contributed by atoms with van der Waals surface area (Å²) >= 11 is 0. The summed E-state index contributed by atoms with van der Waals surface area (Å²) in [6.07, 6.45) is 2.38. The highest BCUT2D eigenvalue weighted by atomic mass is 16.5. The Morgan fingerprint density at radius 3 is 2.74 bits per heavy atom. The number of carbonyl (C=O) groups excluding carboxylic acids is 1. The van der Waals surface area contributed by atoms with E-state index in [0.717, 1.165) is 6.08 Å². The van der Waals surface area contributed by atoms with E-state index in [0.29, 0.717) is 17.1 Å². The number of rotatable bonds is 6. The number of carbonyl (C=O) groups is 2. The fourth-order valence-electron chi connectivity index (χ4n) is 1.28. The number of hydrogen-bond acceptors (Lipinski definition) is 4. The molecule has 6 heteroatoms. The number of nitrogens with one attached hydrogen (secondary N) is 1. The Hall–Kier alpha value is -2.50. The number of hydrogen-bond donors (Lipinski definition) is 2. The van der Waals surface area contributed by atoms with E-state index < -0.39 is 5.97 Å². The second-order valence-electron chi connectivity index (χ2n) is 3.54. The van der Waals surface area contributed by atoms with E-state index in [-0.39, 0.29) is 12.5 Å². The number of carboxylic acids is 1. The smallest absolute Gasteiger partial charge is 0.328 e. The highest BCUT2D eigenvalue weighted by Crippen LogP contribution is 2.25. The Morgan fingerprint density at radius 2 is 2.16 bits per heavy atom. The first-order valence-electron chi connectivity index (χ1n) is 5.49. The number of amides is 1. The van der Waals surface area contributed by atoms with Gasteiger partial charge in [-0.1, -0.05) is 0 Å². The summed E-state index contributed by atoms with van der Waals surface area (Å²) in [4.78, 5) is 21.6. The number of likely N-dealkylation sites (N-methyl/N-ethyl adjacent to an activating group) is 1. The third-order valence-electron chi connectivity index (χ3n) is 2.26. The molecule has 0 bridgehead atoms. The van der Waals surface area contributed by atoms with Gasteiger partial charge in [0.2, 0.25) is 0 Å². The molecule has 0 spiro atoms. The standard InChI is InChI=1S/C13H15NO5/c1-14-12(15)8-19-11-7-10(18-2)5-3-9(11)4-6-13(16)17/h3-7H,8H2,1-2H3,(H,14,15)(H,16,17)/b6-4+. The van der Waals surface area contributed by atoms with Gasteiger partial charge in [0.05, 0.1) is 7.11 Å². The SMILES string of the molecule is CNC(=O)COc1cc(OC)ccc1/C=C/C(=O)O. The molecule has 6 nitrogen and oxygen atoms in total. The second-order valence-corrected chi connectivity index (χ2v) is 3.54. The zero-order valence-electron chi connectivity index (χ0n) is 10.7. The van der Waals surface area contributed by atoms with E-state index >= 15 is 0 Å². The minimum Gasteiger partial charge on any atom is -0.497 e. The minimum absolute atomic E-state index is 0.155. The molecule has 0 aliphatic heterocycles. The molecule has 1 amide bonds. The van der Waals surface area contributed by atoms with Crippen LogP contribution in [0.2, 0.25) is 0 Å². The lowest BCUT2D eigenvalue weighted by molar-refractivity contribution is -0.131. The van der Waals surface area contributed by atoms with E-state index in [1.54, 1.807) is 18.2 Å². The van der Waals surface area contributed by atoms with Gasteiger partial charge >= 0.3 is 5.97 Å². The normalized spacial score (nSPS) is 10.2. The van der Waals surface area contributed by atoms with Gasteiger partial charge in [-0.05, 0) is 18.2 Å². The molecule has 0 atom stereocenters. The van der Waals surface area contributed by atoms with Gasteiger partial charge in [0.25, 0.3) is 5.91 Å². The fraction of sp³-hybridized carbons (Fsp3) is 0.231. The van der Waals surface area contributed by atoms with Crippen LogP contribution in [0.3, 0.4) is 0 Å². The maximum atomic E-state index is 11.1. The number of carboxylic acid groups (broad SMARTS) is 1. The van der Waals surface area contributed by atoms with Gasteiger partial charge in [-0.25, -0.2) is 4.79 Å². The van der Waals surface area contributed by atoms with Crippen LogP contribution in [0.15, 0.2) is 24.3 Å². The van der Waals surface area contributed by atoms with Crippen LogP contribution in [0.1, 0.15) is 5.56 Å². The quantitative estimate of drug-likeness (QED) is 0.747. The molecular weight excluding hydrogens is 250 g/mol. The van der Waals surface area contributed by atoms with Crippen molar-refractivity contribution in [1.29, 1.82) is 0 Å². The molecule has 0 radical (unpaired) electrons. The van der Waals surface area contributed by atoms with Gasteiger partial charge in [0, 0.05) is 24.8 Å². The lowest BCUT2D eigenvalue weighted by Crippen LogP contribution is -2.25. The van der Waals surface area contributed by atoms with Gasteiger partial charge in [-0.15, -0.1) is 0 Å². The van der Waals surface area contributed by atoms with E-state index in [4.69, 9.17) is 14.6 Å². The molecule has 19 heavy (non-hydrogen) atoms. The number of methoxy groups -OCH3 is 1. The van der Waals surface area contributed by atoms with Gasteiger partial charge in [-0.2, -0.15) is 0 Å². The highest BCUT2D eigenvalue weighted by molar-refractivity contribution is 5.86. The molecule has 0 saturated heterocycles. The molecule has 1 aromatic rings. The lowest BCUT2D eigenvalue weighted by Gasteiger charge is -2.10. The first-order valence-corrected chi connectivity index (χ1v) is 5.49. The topological polar surface area (TPSA) is 84.9 Å². The summed E-state index contributed by atoms with van der Waals surface area (Å²) in [6, 6.07) is 4.91. The Morgan fingerprint density at radius 1 is 1.42 bits per heavy atom. The molecule has 1 rings (SSSR count). The summed E-state index contributed by atoms with van der Waals surface area (Å²) in [6.45, 7) is -0.155. The van der Waals surface area contributed by atoms with E-state index in [1.165, 1.54) is 20.2 Å². The maximum Gasteiger partial charge on any atom is 0.328 e. The van der Waals surface area contributed by atoms with Crippen LogP contribution in [0.25, 0.3) is 6.08 Å². The van der Waals surface area contributed by atoms with E-state index in [9.17, 15) is 9.59 Å². The van der Waals surface area contributed by atoms with Crippen LogP contribution in [0.4, 0.5) is 0 Å². The molecule has 0 aliphatic rings. The molecule has 1 aromatic carbocycles. The number of benzene rings is 1. The van der Waals surface area contributed by atoms with E-state index in [1.807, 2.05) is 0 Å². The number of aliphatic carboxylic acids is 1. The first-order chi connectivity index (χ1) is 9.06. The minimum atomic E-state index is -1.06. The van der Waals surface area contributed by atoms with Crippen molar-refractivity contribution in [3.63, 3.8) is 0 Å². The van der Waals surface area contributed by atoms with Crippen LogP contribution in [0, 0.1) is 0 Å². The molecule has 0 aliphatic carbocycles. The van der Waals surface area contributed by atoms with Gasteiger partial charge in [0.1, 0.15) is 11.5 Å². The van der Waals surface area contributed by atoms with Crippen LogP contribution < -0.4 is 14.8 Å². The third-order valence-corrected chi connectivity index (χ3v) is 2.26. The third kappa shape index (κ3) is 4.71. The summed E-state index contributed by atoms with van der Waals surface area (Å²) < 4.78 is 10.4. The average molecular weight is 265 g/mol. The monoisotopic (exact) mass is 265 g/mol. The molecule has 2 N–H and O–H groups in total. The average Bonchev–Trinajstić information content (AvgIpc) is 2.42. The zero-order valence-corrected chi connectivity index (χ0v) is 10.7. The molecule has 102 valence electrons. The summed E-state index contributed by atoms with van der Waals surface area (Å²) in [7, 11) is 3.01. The van der Waals surface area contributed by atoms with Crippen molar-refractivity contribution in [3.8, 4) is 11.5 Å². The van der Waals surface area contributed by atoms with Crippen molar-refractivity contribution in [2.24, 2.45) is 0 Å². The summed E-state index contributed by atoms with van der Waals surface area (Å²) in [5, 5.41) is 11.0. The van der Waals surface area contributed by atoms with Crippen molar-refractivity contribution in [3.05, 3.63) is 29.8 Å². The van der Waals surface area contributed by atoms with Crippen molar-refractivity contribution in [2.75, 3.05) is 20.8 Å². The van der Waals surface area contributed by atoms with Crippen molar-refractivity contribution in [1.82, 2.24) is 5.32 Å². The molecule has 0 heterocycles.